The number of hydrogen-bond donors (Lipinski definition) is 1. The minimum atomic E-state index is -0.188. The number of hydrogen-bond acceptors (Lipinski definition) is 2. The molecule has 0 aromatic heterocycles. The van der Waals surface area contributed by atoms with Gasteiger partial charge in [-0.1, -0.05) is 12.8 Å². The van der Waals surface area contributed by atoms with Crippen molar-refractivity contribution in [3.05, 3.63) is 0 Å². The fourth-order valence-corrected chi connectivity index (χ4v) is 1.92. The van der Waals surface area contributed by atoms with Crippen molar-refractivity contribution in [3.8, 4) is 0 Å². The van der Waals surface area contributed by atoms with E-state index < -0.39 is 0 Å². The largest absolute Gasteiger partial charge is 0.390 e. The molecule has 58 valence electrons. The van der Waals surface area contributed by atoms with Crippen LogP contribution in [0.1, 0.15) is 32.6 Å². The summed E-state index contributed by atoms with van der Waals surface area (Å²) in [5.74, 6) is 0. The number of ether oxygens (including phenoxy) is 1. The van der Waals surface area contributed by atoms with Gasteiger partial charge in [-0.3, -0.25) is 0 Å². The molecule has 0 amide bonds. The van der Waals surface area contributed by atoms with E-state index in [1.54, 1.807) is 0 Å². The van der Waals surface area contributed by atoms with Crippen LogP contribution >= 0.6 is 0 Å². The number of fused-ring (bicyclic) bond motifs is 1. The molecule has 0 bridgehead atoms. The lowest BCUT2D eigenvalue weighted by atomic mass is 10.0. The molecule has 2 heteroatoms. The Hall–Kier alpha value is -0.0800. The van der Waals surface area contributed by atoms with Crippen molar-refractivity contribution >= 4 is 0 Å². The van der Waals surface area contributed by atoms with Crippen LogP contribution in [0.5, 0.6) is 0 Å². The summed E-state index contributed by atoms with van der Waals surface area (Å²) >= 11 is 0. The molecule has 1 saturated heterocycles. The molecule has 2 nitrogen and oxygen atoms in total. The highest BCUT2D eigenvalue weighted by Crippen LogP contribution is 2.45. The Balaban J connectivity index is 2.05. The van der Waals surface area contributed by atoms with Gasteiger partial charge in [-0.25, -0.2) is 0 Å². The zero-order valence-electron chi connectivity index (χ0n) is 6.34. The number of aliphatic hydroxyl groups excluding tert-OH is 1. The average Bonchev–Trinajstić information content (AvgIpc) is 2.54. The standard InChI is InChI=1S/C8H14O2/c1-8-5-3-2-4-6(9)7(8)10-8/h6-7,9H,2-5H2,1H3/t6-,7-,8+/m0/s1. The predicted octanol–water partition coefficient (Wildman–Crippen LogP) is 1.08. The van der Waals surface area contributed by atoms with Gasteiger partial charge in [0.1, 0.15) is 6.10 Å². The predicted molar refractivity (Wildman–Crippen MR) is 37.8 cm³/mol. The maximum atomic E-state index is 9.44. The number of aliphatic hydroxyl groups is 1. The van der Waals surface area contributed by atoms with Crippen LogP contribution in [-0.2, 0) is 4.74 Å². The molecular weight excluding hydrogens is 128 g/mol. The molecule has 2 rings (SSSR count). The molecular formula is C8H14O2. The second kappa shape index (κ2) is 1.95. The van der Waals surface area contributed by atoms with Crippen molar-refractivity contribution in [3.63, 3.8) is 0 Å². The summed E-state index contributed by atoms with van der Waals surface area (Å²) in [6.45, 7) is 2.10. The van der Waals surface area contributed by atoms with Crippen molar-refractivity contribution in [2.45, 2.75) is 50.4 Å². The highest BCUT2D eigenvalue weighted by Gasteiger charge is 2.56. The second-order valence-corrected chi connectivity index (χ2v) is 3.66. The zero-order chi connectivity index (χ0) is 7.19. The van der Waals surface area contributed by atoms with Gasteiger partial charge in [0, 0.05) is 0 Å². The summed E-state index contributed by atoms with van der Waals surface area (Å²) < 4.78 is 5.41. The van der Waals surface area contributed by atoms with Crippen LogP contribution in [0.15, 0.2) is 0 Å². The second-order valence-electron chi connectivity index (χ2n) is 3.66. The summed E-state index contributed by atoms with van der Waals surface area (Å²) in [7, 11) is 0. The smallest absolute Gasteiger partial charge is 0.113 e. The maximum absolute atomic E-state index is 9.44. The highest BCUT2D eigenvalue weighted by molar-refractivity contribution is 5.04. The monoisotopic (exact) mass is 142 g/mol. The van der Waals surface area contributed by atoms with Crippen molar-refractivity contribution in [2.75, 3.05) is 0 Å². The Labute approximate surface area is 61.2 Å². The Kier molecular flexibility index (Phi) is 1.29. The number of rotatable bonds is 0. The molecule has 1 saturated carbocycles. The SMILES string of the molecule is C[C@@]12CCCC[C@H](O)[C@@H]1O2. The van der Waals surface area contributed by atoms with Gasteiger partial charge in [0.05, 0.1) is 11.7 Å². The summed E-state index contributed by atoms with van der Waals surface area (Å²) in [5.41, 5.74) is 0.0515. The van der Waals surface area contributed by atoms with E-state index in [2.05, 4.69) is 6.92 Å². The summed E-state index contributed by atoms with van der Waals surface area (Å²) in [6, 6.07) is 0. The van der Waals surface area contributed by atoms with Crippen LogP contribution in [0.2, 0.25) is 0 Å². The van der Waals surface area contributed by atoms with Gasteiger partial charge in [0.2, 0.25) is 0 Å². The maximum Gasteiger partial charge on any atom is 0.113 e. The van der Waals surface area contributed by atoms with Crippen molar-refractivity contribution < 1.29 is 9.84 Å². The van der Waals surface area contributed by atoms with Gasteiger partial charge in [0.15, 0.2) is 0 Å². The molecule has 1 aliphatic heterocycles. The highest BCUT2D eigenvalue weighted by atomic mass is 16.6. The van der Waals surface area contributed by atoms with E-state index in [1.165, 1.54) is 6.42 Å². The molecule has 0 radical (unpaired) electrons. The Morgan fingerprint density at radius 2 is 2.30 bits per heavy atom. The molecule has 1 heterocycles. The molecule has 3 atom stereocenters. The molecule has 0 aromatic carbocycles. The van der Waals surface area contributed by atoms with Crippen molar-refractivity contribution in [2.24, 2.45) is 0 Å². The quantitative estimate of drug-likeness (QED) is 0.513. The molecule has 2 fully saturated rings. The minimum Gasteiger partial charge on any atom is -0.390 e. The molecule has 0 aromatic rings. The summed E-state index contributed by atoms with van der Waals surface area (Å²) in [6.07, 6.45) is 4.41. The van der Waals surface area contributed by atoms with E-state index in [1.807, 2.05) is 0 Å². The summed E-state index contributed by atoms with van der Waals surface area (Å²) in [5, 5.41) is 9.44. The number of epoxide rings is 1. The van der Waals surface area contributed by atoms with E-state index in [4.69, 9.17) is 4.74 Å². The van der Waals surface area contributed by atoms with E-state index in [0.717, 1.165) is 19.3 Å². The topological polar surface area (TPSA) is 32.8 Å². The third kappa shape index (κ3) is 0.867. The van der Waals surface area contributed by atoms with E-state index in [9.17, 15) is 5.11 Å². The molecule has 10 heavy (non-hydrogen) atoms. The van der Waals surface area contributed by atoms with Gasteiger partial charge in [0.25, 0.3) is 0 Å². The van der Waals surface area contributed by atoms with Gasteiger partial charge < -0.3 is 9.84 Å². The van der Waals surface area contributed by atoms with E-state index in [0.29, 0.717) is 0 Å². The molecule has 0 unspecified atom stereocenters. The lowest BCUT2D eigenvalue weighted by Crippen LogP contribution is -2.19. The Morgan fingerprint density at radius 1 is 1.50 bits per heavy atom. The molecule has 0 spiro atoms. The van der Waals surface area contributed by atoms with Crippen molar-refractivity contribution in [1.29, 1.82) is 0 Å². The first-order chi connectivity index (χ1) is 4.72. The van der Waals surface area contributed by atoms with Crippen LogP contribution in [0.25, 0.3) is 0 Å². The van der Waals surface area contributed by atoms with Gasteiger partial charge >= 0.3 is 0 Å². The summed E-state index contributed by atoms with van der Waals surface area (Å²) in [4.78, 5) is 0. The van der Waals surface area contributed by atoms with Crippen LogP contribution in [0.4, 0.5) is 0 Å². The fourth-order valence-electron chi connectivity index (χ4n) is 1.92. The van der Waals surface area contributed by atoms with Gasteiger partial charge in [-0.05, 0) is 19.8 Å². The van der Waals surface area contributed by atoms with Gasteiger partial charge in [-0.15, -0.1) is 0 Å². The lowest BCUT2D eigenvalue weighted by molar-refractivity contribution is 0.121. The lowest BCUT2D eigenvalue weighted by Gasteiger charge is -2.02. The molecule has 1 N–H and O–H groups in total. The Bertz CT molecular complexity index is 146. The first-order valence-corrected chi connectivity index (χ1v) is 4.08. The third-order valence-electron chi connectivity index (χ3n) is 2.71. The van der Waals surface area contributed by atoms with E-state index in [-0.39, 0.29) is 17.8 Å². The Morgan fingerprint density at radius 3 is 3.10 bits per heavy atom. The van der Waals surface area contributed by atoms with Gasteiger partial charge in [-0.2, -0.15) is 0 Å². The van der Waals surface area contributed by atoms with Crippen LogP contribution in [0.3, 0.4) is 0 Å². The first-order valence-electron chi connectivity index (χ1n) is 4.08. The van der Waals surface area contributed by atoms with Crippen LogP contribution in [-0.4, -0.2) is 22.9 Å². The van der Waals surface area contributed by atoms with Crippen molar-refractivity contribution in [1.82, 2.24) is 0 Å². The fraction of sp³-hybridized carbons (Fsp3) is 1.00. The minimum absolute atomic E-state index is 0.0515. The molecule has 1 aliphatic carbocycles. The van der Waals surface area contributed by atoms with Crippen LogP contribution in [0, 0.1) is 0 Å². The third-order valence-corrected chi connectivity index (χ3v) is 2.71. The molecule has 2 aliphatic rings. The van der Waals surface area contributed by atoms with Crippen LogP contribution < -0.4 is 0 Å². The average molecular weight is 142 g/mol. The zero-order valence-corrected chi connectivity index (χ0v) is 6.34. The first kappa shape index (κ1) is 6.62. The van der Waals surface area contributed by atoms with E-state index >= 15 is 0 Å². The normalized spacial score (nSPS) is 53.4.